The van der Waals surface area contributed by atoms with Gasteiger partial charge in [-0.1, -0.05) is 19.9 Å². The molecule has 0 saturated carbocycles. The molecule has 1 unspecified atom stereocenters. The third-order valence-corrected chi connectivity index (χ3v) is 1.70. The number of aldehydes is 1. The lowest BCUT2D eigenvalue weighted by molar-refractivity contribution is -0.104. The first-order valence-electron chi connectivity index (χ1n) is 4.45. The Morgan fingerprint density at radius 3 is 2.50 bits per heavy atom. The SMILES string of the molecule is CC(C)CCC(O)C/C=C/C=O. The normalized spacial score (nSPS) is 14.0. The minimum atomic E-state index is -0.288. The minimum Gasteiger partial charge on any atom is -0.393 e. The molecule has 0 bridgehead atoms. The second-order valence-corrected chi connectivity index (χ2v) is 3.42. The van der Waals surface area contributed by atoms with Gasteiger partial charge in [0.1, 0.15) is 6.29 Å². The molecule has 12 heavy (non-hydrogen) atoms. The van der Waals surface area contributed by atoms with Gasteiger partial charge in [0.25, 0.3) is 0 Å². The van der Waals surface area contributed by atoms with E-state index in [0.29, 0.717) is 12.3 Å². The third kappa shape index (κ3) is 7.48. The van der Waals surface area contributed by atoms with E-state index in [9.17, 15) is 9.90 Å². The zero-order valence-corrected chi connectivity index (χ0v) is 7.86. The van der Waals surface area contributed by atoms with Crippen molar-refractivity contribution in [1.29, 1.82) is 0 Å². The van der Waals surface area contributed by atoms with E-state index in [1.807, 2.05) is 0 Å². The predicted molar refractivity (Wildman–Crippen MR) is 49.9 cm³/mol. The van der Waals surface area contributed by atoms with Crippen LogP contribution in [-0.4, -0.2) is 17.5 Å². The Hall–Kier alpha value is -0.630. The van der Waals surface area contributed by atoms with Crippen LogP contribution in [0.4, 0.5) is 0 Å². The molecule has 1 N–H and O–H groups in total. The smallest absolute Gasteiger partial charge is 0.142 e. The zero-order chi connectivity index (χ0) is 9.40. The second-order valence-electron chi connectivity index (χ2n) is 3.42. The molecule has 0 fully saturated rings. The van der Waals surface area contributed by atoms with Crippen LogP contribution < -0.4 is 0 Å². The largest absolute Gasteiger partial charge is 0.393 e. The molecule has 0 aliphatic rings. The number of aliphatic hydroxyl groups is 1. The van der Waals surface area contributed by atoms with Crippen LogP contribution in [0.1, 0.15) is 33.1 Å². The fourth-order valence-corrected chi connectivity index (χ4v) is 0.935. The van der Waals surface area contributed by atoms with Crippen LogP contribution in [0.25, 0.3) is 0 Å². The Kier molecular flexibility index (Phi) is 6.67. The zero-order valence-electron chi connectivity index (χ0n) is 7.86. The molecule has 1 atom stereocenters. The lowest BCUT2D eigenvalue weighted by Crippen LogP contribution is -2.06. The fraction of sp³-hybridized carbons (Fsp3) is 0.700. The average molecular weight is 170 g/mol. The molecule has 0 radical (unpaired) electrons. The van der Waals surface area contributed by atoms with Crippen LogP contribution in [-0.2, 0) is 4.79 Å². The Bertz CT molecular complexity index is 139. The summed E-state index contributed by atoms with van der Waals surface area (Å²) < 4.78 is 0. The van der Waals surface area contributed by atoms with Gasteiger partial charge in [0.05, 0.1) is 6.10 Å². The van der Waals surface area contributed by atoms with E-state index in [0.717, 1.165) is 19.1 Å². The van der Waals surface area contributed by atoms with E-state index < -0.39 is 0 Å². The Balaban J connectivity index is 3.39. The molecule has 0 aliphatic heterocycles. The summed E-state index contributed by atoms with van der Waals surface area (Å²) in [6.45, 7) is 4.27. The monoisotopic (exact) mass is 170 g/mol. The first-order chi connectivity index (χ1) is 5.66. The molecular formula is C10H18O2. The number of carbonyl (C=O) groups is 1. The van der Waals surface area contributed by atoms with Crippen molar-refractivity contribution < 1.29 is 9.90 Å². The van der Waals surface area contributed by atoms with Crippen LogP contribution in [0.15, 0.2) is 12.2 Å². The van der Waals surface area contributed by atoms with Crippen molar-refractivity contribution in [2.75, 3.05) is 0 Å². The van der Waals surface area contributed by atoms with Gasteiger partial charge < -0.3 is 5.11 Å². The highest BCUT2D eigenvalue weighted by molar-refractivity contribution is 5.64. The summed E-state index contributed by atoms with van der Waals surface area (Å²) in [4.78, 5) is 9.88. The summed E-state index contributed by atoms with van der Waals surface area (Å²) in [5, 5.41) is 9.36. The van der Waals surface area contributed by atoms with Crippen molar-refractivity contribution in [2.24, 2.45) is 5.92 Å². The molecule has 0 aromatic heterocycles. The van der Waals surface area contributed by atoms with E-state index in [1.54, 1.807) is 6.08 Å². The summed E-state index contributed by atoms with van der Waals surface area (Å²) in [6, 6.07) is 0. The van der Waals surface area contributed by atoms with Crippen molar-refractivity contribution in [1.82, 2.24) is 0 Å². The van der Waals surface area contributed by atoms with Crippen LogP contribution in [0, 0.1) is 5.92 Å². The molecule has 0 spiro atoms. The summed E-state index contributed by atoms with van der Waals surface area (Å²) in [5.74, 6) is 0.634. The summed E-state index contributed by atoms with van der Waals surface area (Å²) >= 11 is 0. The van der Waals surface area contributed by atoms with E-state index in [-0.39, 0.29) is 6.10 Å². The lowest BCUT2D eigenvalue weighted by Gasteiger charge is -2.08. The van der Waals surface area contributed by atoms with Gasteiger partial charge in [0.2, 0.25) is 0 Å². The maximum Gasteiger partial charge on any atom is 0.142 e. The molecule has 0 amide bonds. The number of hydrogen-bond acceptors (Lipinski definition) is 2. The third-order valence-electron chi connectivity index (χ3n) is 1.70. The van der Waals surface area contributed by atoms with Gasteiger partial charge in [0, 0.05) is 0 Å². The molecule has 0 aliphatic carbocycles. The van der Waals surface area contributed by atoms with E-state index >= 15 is 0 Å². The topological polar surface area (TPSA) is 37.3 Å². The second kappa shape index (κ2) is 7.04. The maximum absolute atomic E-state index is 9.88. The van der Waals surface area contributed by atoms with E-state index in [4.69, 9.17) is 0 Å². The highest BCUT2D eigenvalue weighted by atomic mass is 16.3. The van der Waals surface area contributed by atoms with Gasteiger partial charge in [-0.3, -0.25) is 4.79 Å². The van der Waals surface area contributed by atoms with Crippen molar-refractivity contribution >= 4 is 6.29 Å². The molecule has 70 valence electrons. The molecule has 0 aromatic rings. The number of allylic oxidation sites excluding steroid dienone is 1. The van der Waals surface area contributed by atoms with Crippen molar-refractivity contribution in [3.63, 3.8) is 0 Å². The van der Waals surface area contributed by atoms with Crippen molar-refractivity contribution in [2.45, 2.75) is 39.2 Å². The Labute approximate surface area is 74.3 Å². The van der Waals surface area contributed by atoms with Gasteiger partial charge in [-0.2, -0.15) is 0 Å². The Morgan fingerprint density at radius 2 is 2.00 bits per heavy atom. The van der Waals surface area contributed by atoms with Gasteiger partial charge in [0.15, 0.2) is 0 Å². The van der Waals surface area contributed by atoms with Crippen LogP contribution in [0.3, 0.4) is 0 Å². The van der Waals surface area contributed by atoms with Gasteiger partial charge in [-0.05, 0) is 31.3 Å². The molecule has 0 heterocycles. The lowest BCUT2D eigenvalue weighted by atomic mass is 10.0. The molecule has 0 rings (SSSR count). The number of rotatable bonds is 6. The predicted octanol–water partition coefficient (Wildman–Crippen LogP) is 1.93. The van der Waals surface area contributed by atoms with Gasteiger partial charge in [-0.25, -0.2) is 0 Å². The summed E-state index contributed by atoms with van der Waals surface area (Å²) in [6.07, 6.45) is 6.03. The highest BCUT2D eigenvalue weighted by Gasteiger charge is 2.02. The van der Waals surface area contributed by atoms with E-state index in [2.05, 4.69) is 13.8 Å². The first kappa shape index (κ1) is 11.4. The van der Waals surface area contributed by atoms with E-state index in [1.165, 1.54) is 6.08 Å². The number of carbonyl (C=O) groups excluding carboxylic acids is 1. The number of aliphatic hydroxyl groups excluding tert-OH is 1. The minimum absolute atomic E-state index is 0.288. The van der Waals surface area contributed by atoms with Crippen molar-refractivity contribution in [3.8, 4) is 0 Å². The number of hydrogen-bond donors (Lipinski definition) is 1. The molecular weight excluding hydrogens is 152 g/mol. The van der Waals surface area contributed by atoms with Gasteiger partial charge in [-0.15, -0.1) is 0 Å². The molecule has 2 heteroatoms. The maximum atomic E-state index is 9.88. The standard InChI is InChI=1S/C10H18O2/c1-9(2)6-7-10(12)5-3-4-8-11/h3-4,8-10,12H,5-7H2,1-2H3/b4-3+. The first-order valence-corrected chi connectivity index (χ1v) is 4.45. The van der Waals surface area contributed by atoms with Crippen molar-refractivity contribution in [3.05, 3.63) is 12.2 Å². The van der Waals surface area contributed by atoms with Crippen LogP contribution >= 0.6 is 0 Å². The molecule has 0 saturated heterocycles. The molecule has 0 aromatic carbocycles. The highest BCUT2D eigenvalue weighted by Crippen LogP contribution is 2.09. The van der Waals surface area contributed by atoms with Crippen LogP contribution in [0.2, 0.25) is 0 Å². The fourth-order valence-electron chi connectivity index (χ4n) is 0.935. The van der Waals surface area contributed by atoms with Crippen LogP contribution in [0.5, 0.6) is 0 Å². The molecule has 2 nitrogen and oxygen atoms in total. The Morgan fingerprint density at radius 1 is 1.33 bits per heavy atom. The summed E-state index contributed by atoms with van der Waals surface area (Å²) in [5.41, 5.74) is 0. The van der Waals surface area contributed by atoms with Gasteiger partial charge >= 0.3 is 0 Å². The quantitative estimate of drug-likeness (QED) is 0.488. The average Bonchev–Trinajstić information content (AvgIpc) is 2.01. The summed E-state index contributed by atoms with van der Waals surface area (Å²) in [7, 11) is 0.